The van der Waals surface area contributed by atoms with Gasteiger partial charge in [-0.3, -0.25) is 25.6 Å². The number of nitrogens with zero attached hydrogens (tertiary/aromatic N) is 5. The number of hydrazine groups is 1. The van der Waals surface area contributed by atoms with Crippen molar-refractivity contribution in [3.8, 4) is 6.01 Å². The SMILES string of the molecule is COc1nc(NNC(=O)[C@@H](CC2CCCC2)CN(O)C=O)c(F)c(N2CCN(C)[C@H](C)C2)n1. The van der Waals surface area contributed by atoms with Crippen LogP contribution in [0.1, 0.15) is 39.0 Å². The minimum Gasteiger partial charge on any atom is -0.467 e. The molecule has 2 fully saturated rings. The van der Waals surface area contributed by atoms with Crippen LogP contribution in [0.5, 0.6) is 6.01 Å². The van der Waals surface area contributed by atoms with E-state index in [0.29, 0.717) is 30.5 Å². The molecule has 184 valence electrons. The topological polar surface area (TPSA) is 123 Å². The number of ether oxygens (including phenoxy) is 1. The van der Waals surface area contributed by atoms with E-state index in [-0.39, 0.29) is 36.6 Å². The Kier molecular flexibility index (Phi) is 8.61. The molecule has 0 aromatic carbocycles. The highest BCUT2D eigenvalue weighted by atomic mass is 19.1. The van der Waals surface area contributed by atoms with Gasteiger partial charge in [0.2, 0.25) is 18.1 Å². The normalized spacial score (nSPS) is 20.4. The number of hydrogen-bond donors (Lipinski definition) is 3. The Morgan fingerprint density at radius 2 is 2.09 bits per heavy atom. The number of amides is 2. The molecule has 1 aliphatic heterocycles. The van der Waals surface area contributed by atoms with Crippen molar-refractivity contribution in [3.05, 3.63) is 5.82 Å². The molecule has 0 spiro atoms. The first-order valence-corrected chi connectivity index (χ1v) is 11.4. The van der Waals surface area contributed by atoms with Gasteiger partial charge < -0.3 is 14.5 Å². The second-order valence-electron chi connectivity index (χ2n) is 8.90. The first-order valence-electron chi connectivity index (χ1n) is 11.4. The molecule has 2 heterocycles. The monoisotopic (exact) mass is 467 g/mol. The van der Waals surface area contributed by atoms with E-state index in [0.717, 1.165) is 32.2 Å². The summed E-state index contributed by atoms with van der Waals surface area (Å²) in [5, 5.41) is 10.1. The number of halogens is 1. The van der Waals surface area contributed by atoms with Crippen molar-refractivity contribution < 1.29 is 23.9 Å². The number of aromatic nitrogens is 2. The van der Waals surface area contributed by atoms with Gasteiger partial charge in [0.15, 0.2) is 11.6 Å². The first-order chi connectivity index (χ1) is 15.8. The molecule has 0 unspecified atom stereocenters. The Hall–Kier alpha value is -2.73. The van der Waals surface area contributed by atoms with Crippen LogP contribution in [0, 0.1) is 17.7 Å². The van der Waals surface area contributed by atoms with E-state index in [1.165, 1.54) is 7.11 Å². The van der Waals surface area contributed by atoms with Gasteiger partial charge in [-0.15, -0.1) is 0 Å². The number of carbonyl (C=O) groups excluding carboxylic acids is 2. The van der Waals surface area contributed by atoms with E-state index in [2.05, 4.69) is 32.6 Å². The number of anilines is 2. The van der Waals surface area contributed by atoms with E-state index < -0.39 is 17.6 Å². The van der Waals surface area contributed by atoms with E-state index in [9.17, 15) is 14.8 Å². The number of carbonyl (C=O) groups is 2. The van der Waals surface area contributed by atoms with Crippen LogP contribution in [0.25, 0.3) is 0 Å². The van der Waals surface area contributed by atoms with Crippen LogP contribution >= 0.6 is 0 Å². The molecular weight excluding hydrogens is 433 g/mol. The van der Waals surface area contributed by atoms with Crippen LogP contribution in [0.2, 0.25) is 0 Å². The second kappa shape index (κ2) is 11.4. The maximum atomic E-state index is 15.3. The van der Waals surface area contributed by atoms with Gasteiger partial charge in [-0.25, -0.2) is 5.06 Å². The third-order valence-electron chi connectivity index (χ3n) is 6.55. The summed E-state index contributed by atoms with van der Waals surface area (Å²) >= 11 is 0. The fraction of sp³-hybridized carbons (Fsp3) is 0.714. The summed E-state index contributed by atoms with van der Waals surface area (Å²) in [5.41, 5.74) is 5.04. The summed E-state index contributed by atoms with van der Waals surface area (Å²) < 4.78 is 20.4. The molecule has 0 radical (unpaired) electrons. The Bertz CT molecular complexity index is 824. The number of methoxy groups -OCH3 is 1. The fourth-order valence-corrected chi connectivity index (χ4v) is 4.44. The minimum absolute atomic E-state index is 0.0280. The fourth-order valence-electron chi connectivity index (χ4n) is 4.44. The van der Waals surface area contributed by atoms with Gasteiger partial charge in [0, 0.05) is 25.7 Å². The lowest BCUT2D eigenvalue weighted by molar-refractivity contribution is -0.154. The van der Waals surface area contributed by atoms with E-state index >= 15 is 4.39 Å². The summed E-state index contributed by atoms with van der Waals surface area (Å²) in [4.78, 5) is 35.9. The second-order valence-corrected chi connectivity index (χ2v) is 8.90. The predicted molar refractivity (Wildman–Crippen MR) is 119 cm³/mol. The number of piperazine rings is 1. The minimum atomic E-state index is -0.697. The molecule has 2 atom stereocenters. The Morgan fingerprint density at radius 1 is 1.36 bits per heavy atom. The summed E-state index contributed by atoms with van der Waals surface area (Å²) in [5.74, 6) is -1.58. The van der Waals surface area contributed by atoms with Crippen LogP contribution in [-0.2, 0) is 9.59 Å². The van der Waals surface area contributed by atoms with Crippen molar-refractivity contribution in [2.45, 2.75) is 45.1 Å². The van der Waals surface area contributed by atoms with Crippen LogP contribution in [0.4, 0.5) is 16.0 Å². The summed E-state index contributed by atoms with van der Waals surface area (Å²) in [6.07, 6.45) is 5.02. The Labute approximate surface area is 193 Å². The number of hydrogen-bond acceptors (Lipinski definition) is 9. The van der Waals surface area contributed by atoms with Gasteiger partial charge in [-0.2, -0.15) is 14.4 Å². The van der Waals surface area contributed by atoms with Crippen LogP contribution < -0.4 is 20.5 Å². The van der Waals surface area contributed by atoms with E-state index in [4.69, 9.17) is 4.74 Å². The summed E-state index contributed by atoms with van der Waals surface area (Å²) in [7, 11) is 3.40. The average molecular weight is 468 g/mol. The molecule has 1 aromatic rings. The van der Waals surface area contributed by atoms with Gasteiger partial charge in [0.05, 0.1) is 19.6 Å². The van der Waals surface area contributed by atoms with Gasteiger partial charge >= 0.3 is 6.01 Å². The van der Waals surface area contributed by atoms with Crippen molar-refractivity contribution in [1.29, 1.82) is 0 Å². The lowest BCUT2D eigenvalue weighted by atomic mass is 9.92. The van der Waals surface area contributed by atoms with Gasteiger partial charge in [0.25, 0.3) is 0 Å². The van der Waals surface area contributed by atoms with Crippen LogP contribution in [-0.4, -0.2) is 83.8 Å². The van der Waals surface area contributed by atoms with E-state index in [1.807, 2.05) is 11.9 Å². The standard InChI is InChI=1S/C21H34FN7O4/c1-14-11-28(9-8-27(14)2)19-17(22)18(23-21(24-19)33-3)25-26-20(31)16(12-29(32)13-30)10-15-6-4-5-7-15/h13-16,32H,4-12H2,1-3H3,(H,26,31)(H,23,24,25)/t14-,16+/m1/s1. The molecule has 1 aromatic heterocycles. The molecule has 0 bridgehead atoms. The summed E-state index contributed by atoms with van der Waals surface area (Å²) in [6.45, 7) is 3.83. The Morgan fingerprint density at radius 3 is 2.73 bits per heavy atom. The molecule has 11 nitrogen and oxygen atoms in total. The highest BCUT2D eigenvalue weighted by molar-refractivity contribution is 5.80. The molecule has 2 aliphatic rings. The molecular formula is C21H34FN7O4. The molecule has 33 heavy (non-hydrogen) atoms. The zero-order valence-corrected chi connectivity index (χ0v) is 19.5. The van der Waals surface area contributed by atoms with Crippen molar-refractivity contribution >= 4 is 24.0 Å². The highest BCUT2D eigenvalue weighted by Crippen LogP contribution is 2.31. The molecule has 1 saturated carbocycles. The van der Waals surface area contributed by atoms with Crippen molar-refractivity contribution in [1.82, 2.24) is 25.4 Å². The lowest BCUT2D eigenvalue weighted by Gasteiger charge is -2.38. The van der Waals surface area contributed by atoms with Crippen molar-refractivity contribution in [2.75, 3.05) is 50.7 Å². The molecule has 3 rings (SSSR count). The van der Waals surface area contributed by atoms with Gasteiger partial charge in [-0.05, 0) is 26.3 Å². The van der Waals surface area contributed by atoms with Crippen molar-refractivity contribution in [2.24, 2.45) is 11.8 Å². The average Bonchev–Trinajstić information content (AvgIpc) is 3.32. The maximum absolute atomic E-state index is 15.3. The molecule has 3 N–H and O–H groups in total. The predicted octanol–water partition coefficient (Wildman–Crippen LogP) is 1.25. The van der Waals surface area contributed by atoms with Gasteiger partial charge in [-0.1, -0.05) is 25.7 Å². The zero-order valence-electron chi connectivity index (χ0n) is 19.5. The van der Waals surface area contributed by atoms with Crippen LogP contribution in [0.15, 0.2) is 0 Å². The summed E-state index contributed by atoms with van der Waals surface area (Å²) in [6, 6.07) is 0.186. The molecule has 2 amide bonds. The third kappa shape index (κ3) is 6.41. The number of likely N-dealkylation sites (N-methyl/N-ethyl adjacent to an activating group) is 1. The zero-order chi connectivity index (χ0) is 24.0. The highest BCUT2D eigenvalue weighted by Gasteiger charge is 2.29. The lowest BCUT2D eigenvalue weighted by Crippen LogP contribution is -2.50. The quantitative estimate of drug-likeness (QED) is 0.265. The number of nitrogens with one attached hydrogen (secondary N) is 2. The Balaban J connectivity index is 1.72. The number of rotatable bonds is 10. The van der Waals surface area contributed by atoms with Gasteiger partial charge in [0.1, 0.15) is 0 Å². The largest absolute Gasteiger partial charge is 0.467 e. The third-order valence-corrected chi connectivity index (χ3v) is 6.55. The number of hydroxylamine groups is 2. The molecule has 1 aliphatic carbocycles. The first kappa shape index (κ1) is 24.9. The smallest absolute Gasteiger partial charge is 0.320 e. The van der Waals surface area contributed by atoms with E-state index in [1.54, 1.807) is 0 Å². The van der Waals surface area contributed by atoms with Crippen molar-refractivity contribution in [3.63, 3.8) is 0 Å². The molecule has 12 heteroatoms. The molecule has 1 saturated heterocycles. The van der Waals surface area contributed by atoms with Crippen LogP contribution in [0.3, 0.4) is 0 Å². The maximum Gasteiger partial charge on any atom is 0.320 e.